The summed E-state index contributed by atoms with van der Waals surface area (Å²) < 4.78 is 7.66. The second-order valence-corrected chi connectivity index (χ2v) is 5.43. The molecule has 96 valence electrons. The molecule has 0 bridgehead atoms. The summed E-state index contributed by atoms with van der Waals surface area (Å²) >= 11 is 3.64. The van der Waals surface area contributed by atoms with E-state index in [4.69, 9.17) is 4.74 Å². The number of hydrogen-bond donors (Lipinski definition) is 0. The molecule has 2 rings (SSSR count). The van der Waals surface area contributed by atoms with Crippen molar-refractivity contribution in [3.63, 3.8) is 0 Å². The third kappa shape index (κ3) is 3.07. The largest absolute Gasteiger partial charge is 0.381 e. The highest BCUT2D eigenvalue weighted by Crippen LogP contribution is 2.33. The van der Waals surface area contributed by atoms with Crippen LogP contribution in [0.1, 0.15) is 32.0 Å². The Morgan fingerprint density at radius 3 is 3.12 bits per heavy atom. The molecule has 2 heterocycles. The molecule has 0 N–H and O–H groups in total. The highest BCUT2D eigenvalue weighted by molar-refractivity contribution is 9.09. The molecule has 0 radical (unpaired) electrons. The van der Waals surface area contributed by atoms with Gasteiger partial charge in [0.05, 0.1) is 6.61 Å². The van der Waals surface area contributed by atoms with Gasteiger partial charge in [-0.05, 0) is 19.3 Å². The lowest BCUT2D eigenvalue weighted by Crippen LogP contribution is -2.36. The summed E-state index contributed by atoms with van der Waals surface area (Å²) in [6, 6.07) is 0. The molecule has 17 heavy (non-hydrogen) atoms. The fourth-order valence-electron chi connectivity index (χ4n) is 2.36. The van der Waals surface area contributed by atoms with E-state index < -0.39 is 0 Å². The molecule has 1 aromatic heterocycles. The maximum absolute atomic E-state index is 5.64. The van der Waals surface area contributed by atoms with E-state index >= 15 is 0 Å². The topological polar surface area (TPSA) is 39.9 Å². The zero-order valence-corrected chi connectivity index (χ0v) is 11.9. The summed E-state index contributed by atoms with van der Waals surface area (Å²) in [6.45, 7) is 4.84. The third-order valence-electron chi connectivity index (χ3n) is 3.35. The van der Waals surface area contributed by atoms with Gasteiger partial charge in [0.2, 0.25) is 0 Å². The van der Waals surface area contributed by atoms with Crippen LogP contribution in [0.15, 0.2) is 6.33 Å². The van der Waals surface area contributed by atoms with Crippen molar-refractivity contribution in [2.45, 2.75) is 39.2 Å². The van der Waals surface area contributed by atoms with Gasteiger partial charge in [-0.25, -0.2) is 4.98 Å². The van der Waals surface area contributed by atoms with Gasteiger partial charge in [-0.1, -0.05) is 22.9 Å². The monoisotopic (exact) mass is 301 g/mol. The van der Waals surface area contributed by atoms with Gasteiger partial charge in [0, 0.05) is 30.3 Å². The van der Waals surface area contributed by atoms with Crippen LogP contribution in [0.4, 0.5) is 0 Å². The second-order valence-electron chi connectivity index (χ2n) is 4.87. The molecule has 4 nitrogen and oxygen atoms in total. The lowest BCUT2D eigenvalue weighted by molar-refractivity contribution is 0.00466. The van der Waals surface area contributed by atoms with Crippen molar-refractivity contribution < 1.29 is 4.74 Å². The van der Waals surface area contributed by atoms with Crippen molar-refractivity contribution in [2.24, 2.45) is 5.41 Å². The Balaban J connectivity index is 2.09. The van der Waals surface area contributed by atoms with Crippen LogP contribution in [0, 0.1) is 5.41 Å². The molecule has 0 aliphatic carbocycles. The molecule has 0 saturated carbocycles. The standard InChI is InChI=1S/C12H20BrN3O/c1-2-5-16-11(14-10-15-16)7-12(8-13)4-3-6-17-9-12/h10H,2-9H2,1H3. The number of nitrogens with zero attached hydrogens (tertiary/aromatic N) is 3. The molecule has 0 amide bonds. The minimum absolute atomic E-state index is 0.205. The first kappa shape index (κ1) is 13.0. The van der Waals surface area contributed by atoms with Crippen molar-refractivity contribution in [2.75, 3.05) is 18.5 Å². The zero-order chi connectivity index (χ0) is 12.1. The van der Waals surface area contributed by atoms with Crippen molar-refractivity contribution in [3.8, 4) is 0 Å². The lowest BCUT2D eigenvalue weighted by atomic mass is 9.81. The maximum Gasteiger partial charge on any atom is 0.138 e. The smallest absolute Gasteiger partial charge is 0.138 e. The van der Waals surface area contributed by atoms with Crippen LogP contribution in [0.5, 0.6) is 0 Å². The first-order chi connectivity index (χ1) is 8.29. The van der Waals surface area contributed by atoms with E-state index in [-0.39, 0.29) is 5.41 Å². The van der Waals surface area contributed by atoms with Crippen LogP contribution in [0.3, 0.4) is 0 Å². The molecule has 0 spiro atoms. The van der Waals surface area contributed by atoms with Gasteiger partial charge in [-0.2, -0.15) is 5.10 Å². The van der Waals surface area contributed by atoms with Gasteiger partial charge >= 0.3 is 0 Å². The minimum Gasteiger partial charge on any atom is -0.381 e. The fraction of sp³-hybridized carbons (Fsp3) is 0.833. The molecular weight excluding hydrogens is 282 g/mol. The molecule has 0 aromatic carbocycles. The highest BCUT2D eigenvalue weighted by atomic mass is 79.9. The van der Waals surface area contributed by atoms with E-state index in [9.17, 15) is 0 Å². The first-order valence-electron chi connectivity index (χ1n) is 6.30. The molecule has 1 unspecified atom stereocenters. The number of aromatic nitrogens is 3. The van der Waals surface area contributed by atoms with Gasteiger partial charge in [-0.3, -0.25) is 4.68 Å². The Morgan fingerprint density at radius 1 is 1.59 bits per heavy atom. The average Bonchev–Trinajstić information content (AvgIpc) is 2.78. The minimum atomic E-state index is 0.205. The van der Waals surface area contributed by atoms with Crippen molar-refractivity contribution in [3.05, 3.63) is 12.2 Å². The summed E-state index contributed by atoms with van der Waals surface area (Å²) in [5.41, 5.74) is 0.205. The summed E-state index contributed by atoms with van der Waals surface area (Å²) in [7, 11) is 0. The van der Waals surface area contributed by atoms with Gasteiger partial charge in [0.15, 0.2) is 0 Å². The summed E-state index contributed by atoms with van der Waals surface area (Å²) in [6.07, 6.45) is 6.06. The Morgan fingerprint density at radius 2 is 2.47 bits per heavy atom. The van der Waals surface area contributed by atoms with Crippen molar-refractivity contribution in [1.29, 1.82) is 0 Å². The predicted octanol–water partition coefficient (Wildman–Crippen LogP) is 2.42. The summed E-state index contributed by atoms with van der Waals surface area (Å²) in [4.78, 5) is 4.40. The molecular formula is C12H20BrN3O. The van der Waals surface area contributed by atoms with Crippen LogP contribution in [-0.2, 0) is 17.7 Å². The third-order valence-corrected chi connectivity index (χ3v) is 4.54. The number of halogens is 1. The highest BCUT2D eigenvalue weighted by Gasteiger charge is 2.33. The molecule has 1 saturated heterocycles. The van der Waals surface area contributed by atoms with E-state index in [1.165, 1.54) is 6.42 Å². The van der Waals surface area contributed by atoms with E-state index in [1.54, 1.807) is 6.33 Å². The zero-order valence-electron chi connectivity index (χ0n) is 10.4. The second kappa shape index (κ2) is 5.96. The van der Waals surface area contributed by atoms with Crippen LogP contribution in [0.25, 0.3) is 0 Å². The molecule has 1 aliphatic rings. The number of ether oxygens (including phenoxy) is 1. The summed E-state index contributed by atoms with van der Waals surface area (Å²) in [5, 5.41) is 5.26. The van der Waals surface area contributed by atoms with E-state index in [0.717, 1.165) is 50.2 Å². The predicted molar refractivity (Wildman–Crippen MR) is 70.3 cm³/mol. The average molecular weight is 302 g/mol. The number of aryl methyl sites for hydroxylation is 1. The SMILES string of the molecule is CCCn1ncnc1CC1(CBr)CCCOC1. The quantitative estimate of drug-likeness (QED) is 0.784. The fourth-order valence-corrected chi connectivity index (χ4v) is 3.00. The van der Waals surface area contributed by atoms with Gasteiger partial charge in [0.1, 0.15) is 12.2 Å². The molecule has 1 aromatic rings. The van der Waals surface area contributed by atoms with Gasteiger partial charge < -0.3 is 4.74 Å². The molecule has 1 atom stereocenters. The number of hydrogen-bond acceptors (Lipinski definition) is 3. The van der Waals surface area contributed by atoms with Crippen LogP contribution >= 0.6 is 15.9 Å². The Kier molecular flexibility index (Phi) is 4.56. The van der Waals surface area contributed by atoms with E-state index in [2.05, 4.69) is 32.9 Å². The van der Waals surface area contributed by atoms with E-state index in [1.807, 2.05) is 4.68 Å². The lowest BCUT2D eigenvalue weighted by Gasteiger charge is -2.35. The Hall–Kier alpha value is -0.420. The maximum atomic E-state index is 5.64. The normalized spacial score (nSPS) is 25.1. The Bertz CT molecular complexity index is 347. The van der Waals surface area contributed by atoms with Crippen LogP contribution in [0.2, 0.25) is 0 Å². The molecule has 5 heteroatoms. The first-order valence-corrected chi connectivity index (χ1v) is 7.42. The van der Waals surface area contributed by atoms with Crippen LogP contribution in [-0.4, -0.2) is 33.3 Å². The van der Waals surface area contributed by atoms with E-state index in [0.29, 0.717) is 0 Å². The van der Waals surface area contributed by atoms with Gasteiger partial charge in [-0.15, -0.1) is 0 Å². The number of rotatable bonds is 5. The molecule has 1 fully saturated rings. The van der Waals surface area contributed by atoms with Crippen molar-refractivity contribution >= 4 is 15.9 Å². The van der Waals surface area contributed by atoms with Crippen molar-refractivity contribution in [1.82, 2.24) is 14.8 Å². The molecule has 1 aliphatic heterocycles. The number of alkyl halides is 1. The van der Waals surface area contributed by atoms with Crippen LogP contribution < -0.4 is 0 Å². The van der Waals surface area contributed by atoms with Gasteiger partial charge in [0.25, 0.3) is 0 Å². The summed E-state index contributed by atoms with van der Waals surface area (Å²) in [5.74, 6) is 1.09. The Labute approximate surface area is 111 Å².